The number of hydrogen-bond donors (Lipinski definition) is 2. The maximum Gasteiger partial charge on any atom is 0.293 e. The zero-order chi connectivity index (χ0) is 29.3. The molecule has 2 aliphatic heterocycles. The third-order valence-corrected chi connectivity index (χ3v) is 7.79. The van der Waals surface area contributed by atoms with Gasteiger partial charge >= 0.3 is 0 Å². The van der Waals surface area contributed by atoms with Crippen LogP contribution in [0.1, 0.15) is 73.7 Å². The molecule has 12 heteroatoms. The first-order valence-electron chi connectivity index (χ1n) is 14.4. The SMILES string of the molecule is Cn1cc(Nc2nccc(-c3ccc4c(c3)CN(C3CCOCC3)CC[C@@H]4NC(=O)c3noc(C(C)(C)C)n3)n2)cn1. The van der Waals surface area contributed by atoms with E-state index in [4.69, 9.17) is 14.2 Å². The third kappa shape index (κ3) is 6.19. The van der Waals surface area contributed by atoms with Gasteiger partial charge in [-0.25, -0.2) is 9.97 Å². The first kappa shape index (κ1) is 28.0. The summed E-state index contributed by atoms with van der Waals surface area (Å²) in [5.74, 6) is 0.652. The van der Waals surface area contributed by atoms with Crippen LogP contribution in [0.15, 0.2) is 47.4 Å². The summed E-state index contributed by atoms with van der Waals surface area (Å²) in [4.78, 5) is 29.3. The van der Waals surface area contributed by atoms with Gasteiger partial charge < -0.3 is 19.9 Å². The molecule has 2 aliphatic rings. The van der Waals surface area contributed by atoms with E-state index in [0.29, 0.717) is 17.9 Å². The largest absolute Gasteiger partial charge is 0.381 e. The van der Waals surface area contributed by atoms with E-state index in [0.717, 1.165) is 73.6 Å². The minimum Gasteiger partial charge on any atom is -0.381 e. The highest BCUT2D eigenvalue weighted by Gasteiger charge is 2.31. The lowest BCUT2D eigenvalue weighted by Crippen LogP contribution is -2.39. The summed E-state index contributed by atoms with van der Waals surface area (Å²) in [5, 5.41) is 14.6. The first-order chi connectivity index (χ1) is 20.2. The number of benzene rings is 1. The highest BCUT2D eigenvalue weighted by atomic mass is 16.5. The number of nitrogens with one attached hydrogen (secondary N) is 2. The van der Waals surface area contributed by atoms with Crippen molar-refractivity contribution in [1.82, 2.24) is 40.1 Å². The summed E-state index contributed by atoms with van der Waals surface area (Å²) in [6.07, 6.45) is 8.12. The molecule has 1 atom stereocenters. The topological polar surface area (TPSA) is 136 Å². The predicted molar refractivity (Wildman–Crippen MR) is 156 cm³/mol. The van der Waals surface area contributed by atoms with E-state index < -0.39 is 0 Å². The maximum absolute atomic E-state index is 13.3. The molecule has 4 aromatic rings. The van der Waals surface area contributed by atoms with Crippen molar-refractivity contribution >= 4 is 17.5 Å². The van der Waals surface area contributed by atoms with Gasteiger partial charge in [-0.3, -0.25) is 14.4 Å². The van der Waals surface area contributed by atoms with Crippen LogP contribution in [0.5, 0.6) is 0 Å². The molecule has 0 unspecified atom stereocenters. The van der Waals surface area contributed by atoms with E-state index in [9.17, 15) is 4.79 Å². The Kier molecular flexibility index (Phi) is 7.74. The molecule has 0 bridgehead atoms. The predicted octanol–water partition coefficient (Wildman–Crippen LogP) is 4.16. The van der Waals surface area contributed by atoms with Gasteiger partial charge in [-0.1, -0.05) is 38.1 Å². The van der Waals surface area contributed by atoms with Gasteiger partial charge in [-0.15, -0.1) is 0 Å². The Morgan fingerprint density at radius 1 is 1.10 bits per heavy atom. The zero-order valence-electron chi connectivity index (χ0n) is 24.5. The van der Waals surface area contributed by atoms with Gasteiger partial charge in [-0.05, 0) is 42.5 Å². The average Bonchev–Trinajstić information content (AvgIpc) is 3.61. The van der Waals surface area contributed by atoms with Gasteiger partial charge in [0.1, 0.15) is 0 Å². The van der Waals surface area contributed by atoms with Gasteiger partial charge in [0, 0.05) is 62.8 Å². The normalized spacial score (nSPS) is 18.3. The molecule has 0 saturated carbocycles. The van der Waals surface area contributed by atoms with E-state index >= 15 is 0 Å². The van der Waals surface area contributed by atoms with E-state index in [1.165, 1.54) is 0 Å². The Balaban J connectivity index is 1.29. The van der Waals surface area contributed by atoms with Gasteiger partial charge in [0.15, 0.2) is 0 Å². The quantitative estimate of drug-likeness (QED) is 0.347. The zero-order valence-corrected chi connectivity index (χ0v) is 24.5. The highest BCUT2D eigenvalue weighted by molar-refractivity contribution is 5.90. The van der Waals surface area contributed by atoms with Crippen molar-refractivity contribution in [3.63, 3.8) is 0 Å². The van der Waals surface area contributed by atoms with Crippen molar-refractivity contribution in [3.05, 3.63) is 65.7 Å². The number of aromatic nitrogens is 6. The molecule has 6 rings (SSSR count). The van der Waals surface area contributed by atoms with Gasteiger partial charge in [-0.2, -0.15) is 10.1 Å². The average molecular weight is 572 g/mol. The summed E-state index contributed by atoms with van der Waals surface area (Å²) in [5.41, 5.74) is 4.52. The summed E-state index contributed by atoms with van der Waals surface area (Å²) in [6.45, 7) is 9.10. The summed E-state index contributed by atoms with van der Waals surface area (Å²) in [6, 6.07) is 8.50. The summed E-state index contributed by atoms with van der Waals surface area (Å²) in [7, 11) is 1.86. The van der Waals surface area contributed by atoms with Gasteiger partial charge in [0.2, 0.25) is 11.8 Å². The van der Waals surface area contributed by atoms with Crippen molar-refractivity contribution in [2.24, 2.45) is 7.05 Å². The Morgan fingerprint density at radius 2 is 1.93 bits per heavy atom. The summed E-state index contributed by atoms with van der Waals surface area (Å²) < 4.78 is 12.7. The fourth-order valence-electron chi connectivity index (χ4n) is 5.54. The molecule has 12 nitrogen and oxygen atoms in total. The number of aryl methyl sites for hydroxylation is 1. The minimum absolute atomic E-state index is 0.0539. The number of anilines is 2. The van der Waals surface area contributed by atoms with Crippen LogP contribution in [0.25, 0.3) is 11.3 Å². The molecular weight excluding hydrogens is 534 g/mol. The van der Waals surface area contributed by atoms with Gasteiger partial charge in [0.05, 0.1) is 23.6 Å². The van der Waals surface area contributed by atoms with Crippen molar-refractivity contribution in [1.29, 1.82) is 0 Å². The van der Waals surface area contributed by atoms with E-state index in [-0.39, 0.29) is 23.2 Å². The fraction of sp³-hybridized carbons (Fsp3) is 0.467. The molecule has 1 saturated heterocycles. The second-order valence-electron chi connectivity index (χ2n) is 12.0. The van der Waals surface area contributed by atoms with Crippen LogP contribution in [0, 0.1) is 0 Å². The van der Waals surface area contributed by atoms with Crippen LogP contribution >= 0.6 is 0 Å². The molecule has 0 spiro atoms. The van der Waals surface area contributed by atoms with E-state index in [1.807, 2.05) is 40.1 Å². The minimum atomic E-state index is -0.338. The van der Waals surface area contributed by atoms with Crippen LogP contribution in [0.3, 0.4) is 0 Å². The highest BCUT2D eigenvalue weighted by Crippen LogP contribution is 2.33. The van der Waals surface area contributed by atoms with Gasteiger partial charge in [0.25, 0.3) is 11.7 Å². The van der Waals surface area contributed by atoms with Crippen LogP contribution in [0.4, 0.5) is 11.6 Å². The second-order valence-corrected chi connectivity index (χ2v) is 12.0. The molecule has 0 radical (unpaired) electrons. The van der Waals surface area contributed by atoms with Crippen LogP contribution in [-0.2, 0) is 23.7 Å². The molecule has 42 heavy (non-hydrogen) atoms. The number of amides is 1. The Bertz CT molecular complexity index is 1550. The van der Waals surface area contributed by atoms with E-state index in [2.05, 4.69) is 54.0 Å². The molecule has 2 N–H and O–H groups in total. The molecule has 1 amide bonds. The molecule has 220 valence electrons. The van der Waals surface area contributed by atoms with Crippen molar-refractivity contribution < 1.29 is 14.1 Å². The molecular formula is C30H37N9O3. The van der Waals surface area contributed by atoms with Crippen LogP contribution in [-0.4, -0.2) is 66.5 Å². The van der Waals surface area contributed by atoms with Crippen molar-refractivity contribution in [3.8, 4) is 11.3 Å². The molecule has 3 aromatic heterocycles. The monoisotopic (exact) mass is 571 g/mol. The molecule has 0 aliphatic carbocycles. The Morgan fingerprint density at radius 3 is 2.67 bits per heavy atom. The number of rotatable bonds is 6. The number of nitrogens with zero attached hydrogens (tertiary/aromatic N) is 7. The Labute approximate surface area is 244 Å². The lowest BCUT2D eigenvalue weighted by Gasteiger charge is -2.33. The smallest absolute Gasteiger partial charge is 0.293 e. The van der Waals surface area contributed by atoms with Crippen LogP contribution < -0.4 is 10.6 Å². The number of fused-ring (bicyclic) bond motifs is 1. The lowest BCUT2D eigenvalue weighted by atomic mass is 9.96. The molecule has 1 aromatic carbocycles. The second kappa shape index (κ2) is 11.6. The van der Waals surface area contributed by atoms with Crippen molar-refractivity contribution in [2.75, 3.05) is 25.1 Å². The Hall–Kier alpha value is -4.16. The number of ether oxygens (including phenoxy) is 1. The number of hydrogen-bond acceptors (Lipinski definition) is 10. The van der Waals surface area contributed by atoms with E-state index in [1.54, 1.807) is 17.1 Å². The standard InChI is InChI=1S/C30H37N9O3/c1-30(2,3)28-36-26(37-42-28)27(40)34-25-8-12-39(22-9-13-41-14-10-22)17-20-15-19(5-6-23(20)25)24-7-11-31-29(35-24)33-21-16-32-38(4)18-21/h5-7,11,15-16,18,22,25H,8-10,12-14,17H2,1-4H3,(H,34,40)(H,31,33,35)/t25-/m0/s1. The molecule has 1 fully saturated rings. The first-order valence-corrected chi connectivity index (χ1v) is 14.4. The molecule has 5 heterocycles. The summed E-state index contributed by atoms with van der Waals surface area (Å²) >= 11 is 0. The lowest BCUT2D eigenvalue weighted by molar-refractivity contribution is 0.0309. The van der Waals surface area contributed by atoms with Crippen molar-refractivity contribution in [2.45, 2.75) is 64.1 Å². The fourth-order valence-corrected chi connectivity index (χ4v) is 5.54. The van der Waals surface area contributed by atoms with Crippen LogP contribution in [0.2, 0.25) is 0 Å². The third-order valence-electron chi connectivity index (χ3n) is 7.79. The number of carbonyl (C=O) groups excluding carboxylic acids is 1. The number of carbonyl (C=O) groups is 1. The maximum atomic E-state index is 13.3.